The summed E-state index contributed by atoms with van der Waals surface area (Å²) < 4.78 is 8.34. The maximum atomic E-state index is 12.9. The standard InChI is InChI=1S/C19H22N6O3/c1-5-25-17(19(27)22-15-10-20-24(3)12(15)2)16(11-21-25)23-18(26)13-7-6-8-14(9-13)28-4/h6-11H,5H2,1-4H3,(H,22,27)(H,23,26). The molecule has 0 unspecified atom stereocenters. The second kappa shape index (κ2) is 7.95. The summed E-state index contributed by atoms with van der Waals surface area (Å²) in [6.45, 7) is 4.20. The van der Waals surface area contributed by atoms with Crippen LogP contribution in [0.3, 0.4) is 0 Å². The van der Waals surface area contributed by atoms with E-state index >= 15 is 0 Å². The van der Waals surface area contributed by atoms with Crippen molar-refractivity contribution in [3.8, 4) is 5.75 Å². The lowest BCUT2D eigenvalue weighted by molar-refractivity contribution is 0.101. The van der Waals surface area contributed by atoms with Crippen molar-refractivity contribution in [2.24, 2.45) is 7.05 Å². The van der Waals surface area contributed by atoms with E-state index in [9.17, 15) is 9.59 Å². The highest BCUT2D eigenvalue weighted by atomic mass is 16.5. The molecular formula is C19H22N6O3. The summed E-state index contributed by atoms with van der Waals surface area (Å²) in [5.74, 6) is -0.167. The van der Waals surface area contributed by atoms with E-state index in [0.29, 0.717) is 29.2 Å². The fourth-order valence-electron chi connectivity index (χ4n) is 2.72. The third-order valence-electron chi connectivity index (χ3n) is 4.42. The number of amides is 2. The van der Waals surface area contributed by atoms with Gasteiger partial charge in [0.15, 0.2) is 0 Å². The summed E-state index contributed by atoms with van der Waals surface area (Å²) in [6, 6.07) is 6.77. The van der Waals surface area contributed by atoms with Gasteiger partial charge in [-0.15, -0.1) is 0 Å². The summed E-state index contributed by atoms with van der Waals surface area (Å²) in [4.78, 5) is 25.5. The number of methoxy groups -OCH3 is 1. The van der Waals surface area contributed by atoms with Crippen LogP contribution in [0, 0.1) is 6.92 Å². The van der Waals surface area contributed by atoms with Crippen LogP contribution in [0.2, 0.25) is 0 Å². The van der Waals surface area contributed by atoms with E-state index in [0.717, 1.165) is 5.69 Å². The molecule has 0 aliphatic carbocycles. The normalized spacial score (nSPS) is 10.6. The van der Waals surface area contributed by atoms with Gasteiger partial charge in [-0.25, -0.2) is 0 Å². The second-order valence-corrected chi connectivity index (χ2v) is 6.13. The summed E-state index contributed by atoms with van der Waals surface area (Å²) >= 11 is 0. The molecule has 0 fully saturated rings. The average molecular weight is 382 g/mol. The molecule has 2 N–H and O–H groups in total. The minimum atomic E-state index is -0.378. The van der Waals surface area contributed by atoms with Crippen LogP contribution in [0.5, 0.6) is 5.75 Å². The molecule has 2 heterocycles. The predicted octanol–water partition coefficient (Wildman–Crippen LogP) is 2.46. The number of rotatable bonds is 6. The molecule has 3 aromatic rings. The van der Waals surface area contributed by atoms with Crippen LogP contribution < -0.4 is 15.4 Å². The zero-order valence-electron chi connectivity index (χ0n) is 16.2. The lowest BCUT2D eigenvalue weighted by atomic mass is 10.2. The largest absolute Gasteiger partial charge is 0.497 e. The first-order valence-electron chi connectivity index (χ1n) is 8.75. The van der Waals surface area contributed by atoms with Crippen LogP contribution >= 0.6 is 0 Å². The second-order valence-electron chi connectivity index (χ2n) is 6.13. The maximum absolute atomic E-state index is 12.9. The van der Waals surface area contributed by atoms with Crippen molar-refractivity contribution in [1.82, 2.24) is 19.6 Å². The lowest BCUT2D eigenvalue weighted by Gasteiger charge is -2.10. The molecule has 0 atom stereocenters. The van der Waals surface area contributed by atoms with E-state index < -0.39 is 0 Å². The Bertz CT molecular complexity index is 1020. The molecule has 0 aliphatic heterocycles. The fraction of sp³-hybridized carbons (Fsp3) is 0.263. The zero-order valence-corrected chi connectivity index (χ0v) is 16.2. The minimum absolute atomic E-state index is 0.266. The summed E-state index contributed by atoms with van der Waals surface area (Å²) in [5.41, 5.74) is 2.42. The molecule has 9 nitrogen and oxygen atoms in total. The van der Waals surface area contributed by atoms with E-state index in [4.69, 9.17) is 4.74 Å². The van der Waals surface area contributed by atoms with E-state index in [1.807, 2.05) is 13.8 Å². The van der Waals surface area contributed by atoms with Crippen LogP contribution in [0.25, 0.3) is 0 Å². The van der Waals surface area contributed by atoms with Gasteiger partial charge in [-0.3, -0.25) is 19.0 Å². The molecule has 0 saturated heterocycles. The molecule has 1 aromatic carbocycles. The van der Waals surface area contributed by atoms with Crippen molar-refractivity contribution in [1.29, 1.82) is 0 Å². The van der Waals surface area contributed by atoms with Gasteiger partial charge in [-0.05, 0) is 32.0 Å². The highest BCUT2D eigenvalue weighted by molar-refractivity contribution is 6.11. The number of ether oxygens (including phenoxy) is 1. The van der Waals surface area contributed by atoms with E-state index in [2.05, 4.69) is 20.8 Å². The monoisotopic (exact) mass is 382 g/mol. The highest BCUT2D eigenvalue weighted by Crippen LogP contribution is 2.21. The third-order valence-corrected chi connectivity index (χ3v) is 4.42. The fourth-order valence-corrected chi connectivity index (χ4v) is 2.72. The SMILES string of the molecule is CCn1ncc(NC(=O)c2cccc(OC)c2)c1C(=O)Nc1cnn(C)c1C. The van der Waals surface area contributed by atoms with Gasteiger partial charge in [-0.2, -0.15) is 10.2 Å². The number of aryl methyl sites for hydroxylation is 2. The Labute approximate surface area is 162 Å². The number of benzene rings is 1. The van der Waals surface area contributed by atoms with Crippen LogP contribution in [-0.2, 0) is 13.6 Å². The summed E-state index contributed by atoms with van der Waals surface area (Å²) in [6.07, 6.45) is 3.04. The molecule has 0 saturated carbocycles. The Hall–Kier alpha value is -3.62. The molecule has 0 radical (unpaired) electrons. The van der Waals surface area contributed by atoms with Crippen molar-refractivity contribution < 1.29 is 14.3 Å². The molecule has 0 aliphatic rings. The first-order valence-corrected chi connectivity index (χ1v) is 8.75. The third kappa shape index (κ3) is 3.73. The topological polar surface area (TPSA) is 103 Å². The number of aromatic nitrogens is 4. The van der Waals surface area contributed by atoms with E-state index in [1.165, 1.54) is 18.0 Å². The molecule has 2 amide bonds. The minimum Gasteiger partial charge on any atom is -0.497 e. The molecular weight excluding hydrogens is 360 g/mol. The molecule has 2 aromatic heterocycles. The van der Waals surface area contributed by atoms with Crippen molar-refractivity contribution in [3.05, 3.63) is 53.6 Å². The number of nitrogens with zero attached hydrogens (tertiary/aromatic N) is 4. The Balaban J connectivity index is 1.86. The zero-order chi connectivity index (χ0) is 20.3. The molecule has 3 rings (SSSR count). The summed E-state index contributed by atoms with van der Waals surface area (Å²) in [5, 5.41) is 13.9. The number of carbonyl (C=O) groups excluding carboxylic acids is 2. The van der Waals surface area contributed by atoms with Gasteiger partial charge in [0, 0.05) is 19.2 Å². The van der Waals surface area contributed by atoms with Gasteiger partial charge >= 0.3 is 0 Å². The van der Waals surface area contributed by atoms with Crippen LogP contribution in [0.15, 0.2) is 36.7 Å². The smallest absolute Gasteiger partial charge is 0.276 e. The Morgan fingerprint density at radius 3 is 2.46 bits per heavy atom. The van der Waals surface area contributed by atoms with Crippen molar-refractivity contribution in [2.45, 2.75) is 20.4 Å². The van der Waals surface area contributed by atoms with E-state index in [1.54, 1.807) is 42.2 Å². The van der Waals surface area contributed by atoms with Gasteiger partial charge in [-0.1, -0.05) is 6.07 Å². The Kier molecular flexibility index (Phi) is 5.44. The summed E-state index contributed by atoms with van der Waals surface area (Å²) in [7, 11) is 3.33. The van der Waals surface area contributed by atoms with Gasteiger partial charge in [0.25, 0.3) is 11.8 Å². The van der Waals surface area contributed by atoms with Crippen LogP contribution in [0.4, 0.5) is 11.4 Å². The number of anilines is 2. The van der Waals surface area contributed by atoms with Crippen LogP contribution in [0.1, 0.15) is 33.5 Å². The molecule has 9 heteroatoms. The van der Waals surface area contributed by atoms with Crippen molar-refractivity contribution in [3.63, 3.8) is 0 Å². The number of hydrogen-bond donors (Lipinski definition) is 2. The quantitative estimate of drug-likeness (QED) is 0.682. The first kappa shape index (κ1) is 19.2. The Morgan fingerprint density at radius 2 is 1.82 bits per heavy atom. The van der Waals surface area contributed by atoms with Gasteiger partial charge in [0.1, 0.15) is 11.4 Å². The van der Waals surface area contributed by atoms with E-state index in [-0.39, 0.29) is 17.5 Å². The van der Waals surface area contributed by atoms with Gasteiger partial charge < -0.3 is 15.4 Å². The average Bonchev–Trinajstić information content (AvgIpc) is 3.25. The number of hydrogen-bond acceptors (Lipinski definition) is 5. The predicted molar refractivity (Wildman–Crippen MR) is 105 cm³/mol. The number of carbonyl (C=O) groups is 2. The lowest BCUT2D eigenvalue weighted by Crippen LogP contribution is -2.21. The van der Waals surface area contributed by atoms with Gasteiger partial charge in [0.2, 0.25) is 0 Å². The maximum Gasteiger partial charge on any atom is 0.276 e. The molecule has 28 heavy (non-hydrogen) atoms. The molecule has 146 valence electrons. The van der Waals surface area contributed by atoms with Gasteiger partial charge in [0.05, 0.1) is 36.6 Å². The van der Waals surface area contributed by atoms with Crippen molar-refractivity contribution in [2.75, 3.05) is 17.7 Å². The molecule has 0 bridgehead atoms. The van der Waals surface area contributed by atoms with Crippen molar-refractivity contribution >= 4 is 23.2 Å². The number of nitrogens with one attached hydrogen (secondary N) is 2. The first-order chi connectivity index (χ1) is 13.4. The molecule has 0 spiro atoms. The highest BCUT2D eigenvalue weighted by Gasteiger charge is 2.21. The van der Waals surface area contributed by atoms with Crippen LogP contribution in [-0.4, -0.2) is 38.5 Å². The Morgan fingerprint density at radius 1 is 1.11 bits per heavy atom.